The van der Waals surface area contributed by atoms with Gasteiger partial charge in [0.1, 0.15) is 6.61 Å². The van der Waals surface area contributed by atoms with E-state index in [0.29, 0.717) is 0 Å². The number of carbonyl (C=O) groups excluding carboxylic acids is 2. The average molecular weight is 369 g/mol. The lowest BCUT2D eigenvalue weighted by atomic mass is 9.87. The summed E-state index contributed by atoms with van der Waals surface area (Å²) < 4.78 is 4.92. The third kappa shape index (κ3) is 2.89. The summed E-state index contributed by atoms with van der Waals surface area (Å²) in [5, 5.41) is 10.8. The van der Waals surface area contributed by atoms with Crippen LogP contribution in [-0.4, -0.2) is 35.2 Å². The van der Waals surface area contributed by atoms with Gasteiger partial charge in [-0.3, -0.25) is 4.79 Å². The van der Waals surface area contributed by atoms with Crippen molar-refractivity contribution in [2.75, 3.05) is 13.2 Å². The molecule has 26 heavy (non-hydrogen) atoms. The van der Waals surface area contributed by atoms with E-state index in [0.717, 1.165) is 26.5 Å². The van der Waals surface area contributed by atoms with Crippen LogP contribution in [0, 0.1) is 12.8 Å². The Morgan fingerprint density at radius 3 is 2.69 bits per heavy atom. The number of imide groups is 1. The summed E-state index contributed by atoms with van der Waals surface area (Å²) in [4.78, 5) is 27.1. The SMILES string of the molecule is Cc1ccc2c(c1)[C@H](O)[C@@H](C(=O)N1CCOC1=O)[C@H](c1ccccc1)S2. The van der Waals surface area contributed by atoms with Crippen molar-refractivity contribution >= 4 is 23.8 Å². The summed E-state index contributed by atoms with van der Waals surface area (Å²) in [6.45, 7) is 2.38. The Morgan fingerprint density at radius 2 is 2.00 bits per heavy atom. The van der Waals surface area contributed by atoms with E-state index in [-0.39, 0.29) is 24.3 Å². The lowest BCUT2D eigenvalue weighted by Crippen LogP contribution is -2.42. The van der Waals surface area contributed by atoms with Crippen molar-refractivity contribution in [3.8, 4) is 0 Å². The van der Waals surface area contributed by atoms with Gasteiger partial charge in [-0.2, -0.15) is 0 Å². The maximum atomic E-state index is 13.2. The Balaban J connectivity index is 1.78. The maximum Gasteiger partial charge on any atom is 0.416 e. The number of amides is 2. The van der Waals surface area contributed by atoms with Gasteiger partial charge in [-0.05, 0) is 24.1 Å². The summed E-state index contributed by atoms with van der Waals surface area (Å²) in [6, 6.07) is 15.5. The lowest BCUT2D eigenvalue weighted by molar-refractivity contribution is -0.136. The number of carbonyl (C=O) groups is 2. The average Bonchev–Trinajstić information content (AvgIpc) is 3.08. The molecule has 2 aromatic carbocycles. The Kier molecular flexibility index (Phi) is 4.46. The first-order valence-electron chi connectivity index (χ1n) is 8.54. The maximum absolute atomic E-state index is 13.2. The standard InChI is InChI=1S/C20H19NO4S/c1-12-7-8-15-14(11-12)17(22)16(19(23)21-9-10-25-20(21)24)18(26-15)13-5-3-2-4-6-13/h2-8,11,16-18,22H,9-10H2,1H3/t16-,17+,18+/m1/s1. The van der Waals surface area contributed by atoms with Crippen molar-refractivity contribution in [3.63, 3.8) is 0 Å². The molecule has 1 fully saturated rings. The minimum atomic E-state index is -0.975. The summed E-state index contributed by atoms with van der Waals surface area (Å²) in [5.74, 6) is -1.13. The fourth-order valence-electron chi connectivity index (χ4n) is 3.53. The number of cyclic esters (lactones) is 1. The van der Waals surface area contributed by atoms with Crippen LogP contribution >= 0.6 is 11.8 Å². The molecule has 0 aromatic heterocycles. The molecule has 134 valence electrons. The fraction of sp³-hybridized carbons (Fsp3) is 0.300. The van der Waals surface area contributed by atoms with Crippen molar-refractivity contribution in [2.45, 2.75) is 23.2 Å². The molecular weight excluding hydrogens is 350 g/mol. The fourth-order valence-corrected chi connectivity index (χ4v) is 4.97. The van der Waals surface area contributed by atoms with Crippen LogP contribution < -0.4 is 0 Å². The smallest absolute Gasteiger partial charge is 0.416 e. The van der Waals surface area contributed by atoms with E-state index in [4.69, 9.17) is 4.74 Å². The van der Waals surface area contributed by atoms with Crippen molar-refractivity contribution in [2.24, 2.45) is 5.92 Å². The minimum Gasteiger partial charge on any atom is -0.447 e. The van der Waals surface area contributed by atoms with Gasteiger partial charge in [-0.25, -0.2) is 9.69 Å². The van der Waals surface area contributed by atoms with E-state index < -0.39 is 18.1 Å². The zero-order valence-electron chi connectivity index (χ0n) is 14.3. The number of ether oxygens (including phenoxy) is 1. The van der Waals surface area contributed by atoms with Gasteiger partial charge in [0.15, 0.2) is 0 Å². The molecule has 2 aromatic rings. The second-order valence-electron chi connectivity index (χ2n) is 6.57. The number of aliphatic hydroxyl groups is 1. The molecule has 0 radical (unpaired) electrons. The molecule has 2 aliphatic rings. The highest BCUT2D eigenvalue weighted by Gasteiger charge is 2.46. The molecule has 0 bridgehead atoms. The predicted octanol–water partition coefficient (Wildman–Crippen LogP) is 3.47. The first kappa shape index (κ1) is 17.1. The van der Waals surface area contributed by atoms with Crippen LogP contribution in [0.2, 0.25) is 0 Å². The second-order valence-corrected chi connectivity index (χ2v) is 7.75. The van der Waals surface area contributed by atoms with E-state index in [1.54, 1.807) is 11.8 Å². The molecule has 0 spiro atoms. The quantitative estimate of drug-likeness (QED) is 0.878. The molecule has 2 aliphatic heterocycles. The van der Waals surface area contributed by atoms with Crippen LogP contribution in [0.15, 0.2) is 53.4 Å². The van der Waals surface area contributed by atoms with Gasteiger partial charge in [0.25, 0.3) is 0 Å². The zero-order valence-corrected chi connectivity index (χ0v) is 15.1. The van der Waals surface area contributed by atoms with Crippen LogP contribution in [-0.2, 0) is 9.53 Å². The van der Waals surface area contributed by atoms with Crippen LogP contribution in [0.1, 0.15) is 28.0 Å². The number of thioether (sulfide) groups is 1. The van der Waals surface area contributed by atoms with Gasteiger partial charge in [0.2, 0.25) is 5.91 Å². The summed E-state index contributed by atoms with van der Waals surface area (Å²) in [7, 11) is 0. The molecule has 1 N–H and O–H groups in total. The van der Waals surface area contributed by atoms with E-state index >= 15 is 0 Å². The third-order valence-electron chi connectivity index (χ3n) is 4.84. The van der Waals surface area contributed by atoms with Crippen molar-refractivity contribution < 1.29 is 19.4 Å². The predicted molar refractivity (Wildman–Crippen MR) is 97.7 cm³/mol. The van der Waals surface area contributed by atoms with Crippen LogP contribution in [0.5, 0.6) is 0 Å². The number of hydrogen-bond acceptors (Lipinski definition) is 5. The van der Waals surface area contributed by atoms with Crippen molar-refractivity contribution in [1.82, 2.24) is 4.90 Å². The molecule has 1 saturated heterocycles. The third-order valence-corrected chi connectivity index (χ3v) is 6.29. The Hall–Kier alpha value is -2.31. The number of aryl methyl sites for hydroxylation is 1. The summed E-state index contributed by atoms with van der Waals surface area (Å²) in [6.07, 6.45) is -1.61. The topological polar surface area (TPSA) is 66.8 Å². The molecule has 2 amide bonds. The number of aliphatic hydroxyl groups excluding tert-OH is 1. The first-order chi connectivity index (χ1) is 12.6. The van der Waals surface area contributed by atoms with E-state index in [9.17, 15) is 14.7 Å². The summed E-state index contributed by atoms with van der Waals surface area (Å²) >= 11 is 1.56. The number of benzene rings is 2. The number of rotatable bonds is 2. The van der Waals surface area contributed by atoms with E-state index in [2.05, 4.69) is 0 Å². The Morgan fingerprint density at radius 1 is 1.23 bits per heavy atom. The molecule has 4 rings (SSSR count). The lowest BCUT2D eigenvalue weighted by Gasteiger charge is -2.37. The van der Waals surface area contributed by atoms with E-state index in [1.165, 1.54) is 0 Å². The number of nitrogens with zero attached hydrogens (tertiary/aromatic N) is 1. The van der Waals surface area contributed by atoms with E-state index in [1.807, 2.05) is 55.5 Å². The highest BCUT2D eigenvalue weighted by Crippen LogP contribution is 2.53. The number of hydrogen-bond donors (Lipinski definition) is 1. The second kappa shape index (κ2) is 6.78. The Labute approximate surface area is 156 Å². The zero-order chi connectivity index (χ0) is 18.3. The summed E-state index contributed by atoms with van der Waals surface area (Å²) in [5.41, 5.74) is 2.72. The highest BCUT2D eigenvalue weighted by molar-refractivity contribution is 7.99. The van der Waals surface area contributed by atoms with Gasteiger partial charge in [-0.1, -0.05) is 48.0 Å². The van der Waals surface area contributed by atoms with Gasteiger partial charge in [0, 0.05) is 10.1 Å². The Bertz CT molecular complexity index is 854. The molecule has 2 heterocycles. The minimum absolute atomic E-state index is 0.201. The van der Waals surface area contributed by atoms with Crippen molar-refractivity contribution in [3.05, 3.63) is 65.2 Å². The molecular formula is C20H19NO4S. The van der Waals surface area contributed by atoms with Gasteiger partial charge < -0.3 is 9.84 Å². The van der Waals surface area contributed by atoms with Gasteiger partial charge in [0.05, 0.1) is 18.6 Å². The van der Waals surface area contributed by atoms with Crippen LogP contribution in [0.25, 0.3) is 0 Å². The van der Waals surface area contributed by atoms with Gasteiger partial charge >= 0.3 is 6.09 Å². The van der Waals surface area contributed by atoms with Gasteiger partial charge in [-0.15, -0.1) is 11.8 Å². The van der Waals surface area contributed by atoms with Crippen molar-refractivity contribution in [1.29, 1.82) is 0 Å². The highest BCUT2D eigenvalue weighted by atomic mass is 32.2. The molecule has 0 saturated carbocycles. The molecule has 0 unspecified atom stereocenters. The molecule has 6 heteroatoms. The normalized spacial score (nSPS) is 24.9. The monoisotopic (exact) mass is 369 g/mol. The molecule has 0 aliphatic carbocycles. The molecule has 5 nitrogen and oxygen atoms in total. The van der Waals surface area contributed by atoms with Crippen LogP contribution in [0.3, 0.4) is 0 Å². The van der Waals surface area contributed by atoms with Crippen LogP contribution in [0.4, 0.5) is 4.79 Å². The largest absolute Gasteiger partial charge is 0.447 e. The number of fused-ring (bicyclic) bond motifs is 1. The molecule has 3 atom stereocenters. The first-order valence-corrected chi connectivity index (χ1v) is 9.42.